The molecule has 0 bridgehead atoms. The van der Waals surface area contributed by atoms with Crippen molar-refractivity contribution in [3.05, 3.63) is 52.2 Å². The van der Waals surface area contributed by atoms with Crippen molar-refractivity contribution in [3.8, 4) is 0 Å². The molecule has 2 aromatic rings. The minimum atomic E-state index is 0.210. The van der Waals surface area contributed by atoms with Gasteiger partial charge < -0.3 is 11.5 Å². The Hall–Kier alpha value is -2.07. The van der Waals surface area contributed by atoms with Crippen molar-refractivity contribution in [1.29, 1.82) is 0 Å². The molecule has 2 rings (SSSR count). The zero-order valence-corrected chi connectivity index (χ0v) is 12.3. The highest BCUT2D eigenvalue weighted by Crippen LogP contribution is 2.20. The van der Waals surface area contributed by atoms with Crippen molar-refractivity contribution in [2.75, 3.05) is 11.5 Å². The molecule has 0 atom stereocenters. The first-order chi connectivity index (χ1) is 9.47. The maximum Gasteiger partial charge on any atom is 0.222 e. The van der Waals surface area contributed by atoms with Crippen molar-refractivity contribution < 1.29 is 0 Å². The molecule has 0 aliphatic rings. The fourth-order valence-corrected chi connectivity index (χ4v) is 2.10. The summed E-state index contributed by atoms with van der Waals surface area (Å²) in [4.78, 5) is 8.13. The largest absolute Gasteiger partial charge is 0.383 e. The number of aryl methyl sites for hydroxylation is 1. The van der Waals surface area contributed by atoms with E-state index >= 15 is 0 Å². The lowest BCUT2D eigenvalue weighted by molar-refractivity contribution is 1.05. The van der Waals surface area contributed by atoms with E-state index in [0.29, 0.717) is 12.2 Å². The number of hydrogen-bond acceptors (Lipinski definition) is 4. The third-order valence-corrected chi connectivity index (χ3v) is 3.43. The number of nitrogens with zero attached hydrogens (tertiary/aromatic N) is 2. The molecule has 0 unspecified atom stereocenters. The van der Waals surface area contributed by atoms with Crippen LogP contribution in [-0.4, -0.2) is 9.97 Å². The first kappa shape index (κ1) is 14.3. The first-order valence-corrected chi connectivity index (χ1v) is 6.66. The van der Waals surface area contributed by atoms with Gasteiger partial charge in [0.2, 0.25) is 5.95 Å². The second kappa shape index (κ2) is 5.92. The molecule has 4 nitrogen and oxygen atoms in total. The molecule has 1 heterocycles. The average Bonchev–Trinajstić information content (AvgIpc) is 2.38. The normalized spacial score (nSPS) is 11.7. The van der Waals surface area contributed by atoms with Gasteiger partial charge >= 0.3 is 0 Å². The summed E-state index contributed by atoms with van der Waals surface area (Å²) in [6.45, 7) is 3.93. The molecule has 0 fully saturated rings. The summed E-state index contributed by atoms with van der Waals surface area (Å²) in [5.74, 6) is 0.650. The molecule has 0 amide bonds. The lowest BCUT2D eigenvalue weighted by Gasteiger charge is -2.08. The fourth-order valence-electron chi connectivity index (χ4n) is 1.98. The predicted molar refractivity (Wildman–Crippen MR) is 84.4 cm³/mol. The molecular weight excluding hydrogens is 272 g/mol. The molecule has 104 valence electrons. The summed E-state index contributed by atoms with van der Waals surface area (Å²) in [5.41, 5.74) is 15.5. The maximum absolute atomic E-state index is 5.89. The number of hydrogen-bond donors (Lipinski definition) is 2. The van der Waals surface area contributed by atoms with Gasteiger partial charge in [-0.2, -0.15) is 4.98 Å². The number of rotatable bonds is 3. The molecular formula is C15H17ClN4. The molecule has 0 saturated heterocycles. The monoisotopic (exact) mass is 288 g/mol. The summed E-state index contributed by atoms with van der Waals surface area (Å²) in [6.07, 6.45) is 2.77. The Morgan fingerprint density at radius 2 is 1.85 bits per heavy atom. The molecule has 0 radical (unpaired) electrons. The van der Waals surface area contributed by atoms with Gasteiger partial charge in [-0.05, 0) is 43.5 Å². The van der Waals surface area contributed by atoms with Gasteiger partial charge in [0, 0.05) is 16.3 Å². The molecule has 0 saturated carbocycles. The molecule has 0 aliphatic heterocycles. The predicted octanol–water partition coefficient (Wildman–Crippen LogP) is 3.25. The Kier molecular flexibility index (Phi) is 4.25. The van der Waals surface area contributed by atoms with Crippen LogP contribution in [0.1, 0.15) is 23.7 Å². The summed E-state index contributed by atoms with van der Waals surface area (Å²) in [7, 11) is 0. The van der Waals surface area contributed by atoms with Gasteiger partial charge in [0.15, 0.2) is 0 Å². The minimum absolute atomic E-state index is 0.210. The standard InChI is InChI=1S/C15H17ClN4/c1-9(11-4-6-12(16)7-5-11)3-8-13-10(2)19-15(18)20-14(13)17/h3-7H,8H2,1-2H3,(H4,17,18,19,20). The Morgan fingerprint density at radius 3 is 2.45 bits per heavy atom. The van der Waals surface area contributed by atoms with E-state index in [9.17, 15) is 0 Å². The zero-order chi connectivity index (χ0) is 14.7. The Morgan fingerprint density at radius 1 is 1.20 bits per heavy atom. The average molecular weight is 289 g/mol. The lowest BCUT2D eigenvalue weighted by Crippen LogP contribution is -2.06. The number of allylic oxidation sites excluding steroid dienone is 2. The summed E-state index contributed by atoms with van der Waals surface area (Å²) >= 11 is 5.88. The van der Waals surface area contributed by atoms with Crippen LogP contribution in [0.5, 0.6) is 0 Å². The maximum atomic E-state index is 5.89. The molecule has 5 heteroatoms. The van der Waals surface area contributed by atoms with E-state index in [4.69, 9.17) is 23.1 Å². The van der Waals surface area contributed by atoms with Crippen LogP contribution in [0.25, 0.3) is 5.57 Å². The Labute approximate surface area is 123 Å². The van der Waals surface area contributed by atoms with Crippen LogP contribution in [-0.2, 0) is 6.42 Å². The molecule has 20 heavy (non-hydrogen) atoms. The Balaban J connectivity index is 2.23. The van der Waals surface area contributed by atoms with Gasteiger partial charge in [0.05, 0.1) is 0 Å². The quantitative estimate of drug-likeness (QED) is 0.909. The topological polar surface area (TPSA) is 77.8 Å². The van der Waals surface area contributed by atoms with Gasteiger partial charge in [-0.15, -0.1) is 0 Å². The first-order valence-electron chi connectivity index (χ1n) is 6.28. The summed E-state index contributed by atoms with van der Waals surface area (Å²) in [5, 5.41) is 0.730. The van der Waals surface area contributed by atoms with Gasteiger partial charge in [-0.3, -0.25) is 0 Å². The summed E-state index contributed by atoms with van der Waals surface area (Å²) < 4.78 is 0. The van der Waals surface area contributed by atoms with Crippen LogP contribution in [0.15, 0.2) is 30.3 Å². The van der Waals surface area contributed by atoms with E-state index < -0.39 is 0 Å². The fraction of sp³-hybridized carbons (Fsp3) is 0.200. The van der Waals surface area contributed by atoms with Gasteiger partial charge in [0.25, 0.3) is 0 Å². The highest BCUT2D eigenvalue weighted by molar-refractivity contribution is 6.30. The minimum Gasteiger partial charge on any atom is -0.383 e. The highest BCUT2D eigenvalue weighted by atomic mass is 35.5. The lowest BCUT2D eigenvalue weighted by atomic mass is 10.0. The van der Waals surface area contributed by atoms with E-state index in [1.165, 1.54) is 0 Å². The van der Waals surface area contributed by atoms with Gasteiger partial charge in [-0.1, -0.05) is 29.8 Å². The van der Waals surface area contributed by atoms with Crippen LogP contribution >= 0.6 is 11.6 Å². The van der Waals surface area contributed by atoms with E-state index in [-0.39, 0.29) is 5.95 Å². The van der Waals surface area contributed by atoms with Crippen LogP contribution in [0.4, 0.5) is 11.8 Å². The van der Waals surface area contributed by atoms with Crippen LogP contribution in [0.3, 0.4) is 0 Å². The van der Waals surface area contributed by atoms with Gasteiger partial charge in [-0.25, -0.2) is 4.98 Å². The van der Waals surface area contributed by atoms with E-state index in [1.54, 1.807) is 0 Å². The van der Waals surface area contributed by atoms with Crippen LogP contribution in [0.2, 0.25) is 5.02 Å². The van der Waals surface area contributed by atoms with E-state index in [0.717, 1.165) is 27.4 Å². The van der Waals surface area contributed by atoms with E-state index in [2.05, 4.69) is 16.0 Å². The second-order valence-corrected chi connectivity index (χ2v) is 5.07. The number of nitrogens with two attached hydrogens (primary N) is 2. The third kappa shape index (κ3) is 3.27. The number of aromatic nitrogens is 2. The number of halogens is 1. The molecule has 0 aliphatic carbocycles. The number of benzene rings is 1. The Bertz CT molecular complexity index is 624. The van der Waals surface area contributed by atoms with Crippen molar-refractivity contribution in [2.24, 2.45) is 0 Å². The van der Waals surface area contributed by atoms with Crippen molar-refractivity contribution >= 4 is 28.9 Å². The van der Waals surface area contributed by atoms with Crippen molar-refractivity contribution in [1.82, 2.24) is 9.97 Å². The third-order valence-electron chi connectivity index (χ3n) is 3.18. The molecule has 1 aromatic carbocycles. The van der Waals surface area contributed by atoms with Crippen LogP contribution in [0, 0.1) is 6.92 Å². The van der Waals surface area contributed by atoms with Gasteiger partial charge in [0.1, 0.15) is 5.82 Å². The number of anilines is 2. The molecule has 0 spiro atoms. The van der Waals surface area contributed by atoms with E-state index in [1.807, 2.05) is 38.1 Å². The SMILES string of the molecule is CC(=CCc1c(C)nc(N)nc1N)c1ccc(Cl)cc1. The smallest absolute Gasteiger partial charge is 0.222 e. The second-order valence-electron chi connectivity index (χ2n) is 4.63. The van der Waals surface area contributed by atoms with Crippen molar-refractivity contribution in [3.63, 3.8) is 0 Å². The van der Waals surface area contributed by atoms with Crippen LogP contribution < -0.4 is 11.5 Å². The zero-order valence-electron chi connectivity index (χ0n) is 11.5. The summed E-state index contributed by atoms with van der Waals surface area (Å²) in [6, 6.07) is 7.73. The number of nitrogen functional groups attached to an aromatic ring is 2. The highest BCUT2D eigenvalue weighted by Gasteiger charge is 2.06. The molecule has 4 N–H and O–H groups in total. The molecule has 1 aromatic heterocycles. The van der Waals surface area contributed by atoms with Crippen molar-refractivity contribution in [2.45, 2.75) is 20.3 Å².